The average Bonchev–Trinajstić information content (AvgIpc) is 2.73. The number of likely N-dealkylation sites (N-methyl/N-ethyl adjacent to an activating group) is 1. The Morgan fingerprint density at radius 2 is 1.83 bits per heavy atom. The molecule has 0 saturated carbocycles. The van der Waals surface area contributed by atoms with E-state index >= 15 is 0 Å². The van der Waals surface area contributed by atoms with Gasteiger partial charge in [0.05, 0.1) is 0 Å². The van der Waals surface area contributed by atoms with E-state index in [1.807, 2.05) is 32.0 Å². The molecule has 1 N–H and O–H groups in total. The summed E-state index contributed by atoms with van der Waals surface area (Å²) in [7, 11) is 0. The second kappa shape index (κ2) is 12.9. The van der Waals surface area contributed by atoms with Gasteiger partial charge in [0.15, 0.2) is 0 Å². The van der Waals surface area contributed by atoms with E-state index in [4.69, 9.17) is 23.2 Å². The summed E-state index contributed by atoms with van der Waals surface area (Å²) in [6, 6.07) is 14.8. The van der Waals surface area contributed by atoms with Crippen LogP contribution in [0.5, 0.6) is 0 Å². The summed E-state index contributed by atoms with van der Waals surface area (Å²) in [5, 5.41) is 3.87. The molecular weight excluding hydrogens is 439 g/mol. The minimum Gasteiger partial charge on any atom is -0.355 e. The molecule has 7 heteroatoms. The molecule has 0 radical (unpaired) electrons. The van der Waals surface area contributed by atoms with Gasteiger partial charge in [-0.3, -0.25) is 9.59 Å². The first-order valence-electron chi connectivity index (χ1n) is 10.1. The van der Waals surface area contributed by atoms with E-state index in [0.29, 0.717) is 35.2 Å². The van der Waals surface area contributed by atoms with Crippen molar-refractivity contribution in [1.29, 1.82) is 0 Å². The first-order chi connectivity index (χ1) is 14.5. The number of rotatable bonds is 11. The van der Waals surface area contributed by atoms with Gasteiger partial charge in [0.1, 0.15) is 6.04 Å². The topological polar surface area (TPSA) is 49.4 Å². The molecular formula is C23H28Cl2N2O2S. The van der Waals surface area contributed by atoms with Crippen LogP contribution in [0.1, 0.15) is 37.8 Å². The molecule has 0 aromatic heterocycles. The van der Waals surface area contributed by atoms with Crippen molar-refractivity contribution in [2.24, 2.45) is 0 Å². The standard InChI is InChI=1S/C23H28Cl2N2O2S/c1-3-21(23(29)26-4-2)27(15-18-10-11-19(24)14-20(18)25)22(28)12-13-30-16-17-8-6-5-7-9-17/h5-11,14,21H,3-4,12-13,15-16H2,1-2H3,(H,26,29)/t21-/m0/s1. The maximum absolute atomic E-state index is 13.1. The Kier molecular flexibility index (Phi) is 10.6. The molecule has 0 bridgehead atoms. The fourth-order valence-electron chi connectivity index (χ4n) is 3.11. The first-order valence-corrected chi connectivity index (χ1v) is 12.0. The number of thioether (sulfide) groups is 1. The Balaban J connectivity index is 2.08. The van der Waals surface area contributed by atoms with Crippen LogP contribution in [-0.2, 0) is 21.9 Å². The van der Waals surface area contributed by atoms with Crippen molar-refractivity contribution in [3.05, 3.63) is 69.7 Å². The number of halogens is 2. The number of benzene rings is 2. The van der Waals surface area contributed by atoms with E-state index in [1.54, 1.807) is 34.9 Å². The Bertz CT molecular complexity index is 833. The predicted molar refractivity (Wildman–Crippen MR) is 127 cm³/mol. The van der Waals surface area contributed by atoms with Crippen molar-refractivity contribution in [3.63, 3.8) is 0 Å². The maximum Gasteiger partial charge on any atom is 0.242 e. The first kappa shape index (κ1) is 24.6. The number of hydrogen-bond acceptors (Lipinski definition) is 3. The van der Waals surface area contributed by atoms with E-state index in [2.05, 4.69) is 17.4 Å². The minimum atomic E-state index is -0.539. The summed E-state index contributed by atoms with van der Waals surface area (Å²) >= 11 is 14.0. The third kappa shape index (κ3) is 7.53. The molecule has 2 aromatic rings. The van der Waals surface area contributed by atoms with Gasteiger partial charge in [-0.25, -0.2) is 0 Å². The van der Waals surface area contributed by atoms with Crippen molar-refractivity contribution in [1.82, 2.24) is 10.2 Å². The summed E-state index contributed by atoms with van der Waals surface area (Å²) in [5.41, 5.74) is 2.00. The highest BCUT2D eigenvalue weighted by Crippen LogP contribution is 2.24. The third-order valence-corrected chi connectivity index (χ3v) is 6.28. The van der Waals surface area contributed by atoms with Gasteiger partial charge in [0.25, 0.3) is 0 Å². The van der Waals surface area contributed by atoms with Crippen molar-refractivity contribution >= 4 is 46.8 Å². The molecule has 2 rings (SSSR count). The average molecular weight is 467 g/mol. The number of nitrogens with zero attached hydrogens (tertiary/aromatic N) is 1. The lowest BCUT2D eigenvalue weighted by Crippen LogP contribution is -2.49. The Hall–Kier alpha value is -1.69. The molecule has 0 saturated heterocycles. The predicted octanol–water partition coefficient (Wildman–Crippen LogP) is 5.56. The highest BCUT2D eigenvalue weighted by molar-refractivity contribution is 7.98. The summed E-state index contributed by atoms with van der Waals surface area (Å²) in [6.07, 6.45) is 0.887. The van der Waals surface area contributed by atoms with Crippen molar-refractivity contribution in [2.45, 2.75) is 45.0 Å². The summed E-state index contributed by atoms with van der Waals surface area (Å²) in [6.45, 7) is 4.57. The van der Waals surface area contributed by atoms with Crippen LogP contribution in [0.15, 0.2) is 48.5 Å². The zero-order chi connectivity index (χ0) is 21.9. The van der Waals surface area contributed by atoms with E-state index in [9.17, 15) is 9.59 Å². The molecule has 0 heterocycles. The molecule has 0 unspecified atom stereocenters. The fourth-order valence-corrected chi connectivity index (χ4v) is 4.47. The smallest absolute Gasteiger partial charge is 0.242 e. The highest BCUT2D eigenvalue weighted by Gasteiger charge is 2.28. The molecule has 2 amide bonds. The Morgan fingerprint density at radius 1 is 1.10 bits per heavy atom. The number of carbonyl (C=O) groups excluding carboxylic acids is 2. The van der Waals surface area contributed by atoms with Gasteiger partial charge in [-0.15, -0.1) is 0 Å². The van der Waals surface area contributed by atoms with Gasteiger partial charge in [-0.05, 0) is 36.6 Å². The Labute approximate surface area is 193 Å². The van der Waals surface area contributed by atoms with Crippen molar-refractivity contribution in [2.75, 3.05) is 12.3 Å². The quantitative estimate of drug-likeness (QED) is 0.440. The van der Waals surface area contributed by atoms with Crippen molar-refractivity contribution in [3.8, 4) is 0 Å². The fraction of sp³-hybridized carbons (Fsp3) is 0.391. The number of carbonyl (C=O) groups is 2. The highest BCUT2D eigenvalue weighted by atomic mass is 35.5. The molecule has 0 fully saturated rings. The monoisotopic (exact) mass is 466 g/mol. The molecule has 0 aliphatic carbocycles. The zero-order valence-electron chi connectivity index (χ0n) is 17.4. The van der Waals surface area contributed by atoms with Crippen LogP contribution in [0.3, 0.4) is 0 Å². The lowest BCUT2D eigenvalue weighted by molar-refractivity contribution is -0.141. The number of amides is 2. The third-order valence-electron chi connectivity index (χ3n) is 4.66. The largest absolute Gasteiger partial charge is 0.355 e. The normalized spacial score (nSPS) is 11.7. The lowest BCUT2D eigenvalue weighted by Gasteiger charge is -2.31. The molecule has 0 aliphatic heterocycles. The second-order valence-electron chi connectivity index (χ2n) is 6.86. The van der Waals surface area contributed by atoms with Crippen molar-refractivity contribution < 1.29 is 9.59 Å². The van der Waals surface area contributed by atoms with Crippen LogP contribution in [0.4, 0.5) is 0 Å². The lowest BCUT2D eigenvalue weighted by atomic mass is 10.1. The number of hydrogen-bond donors (Lipinski definition) is 1. The van der Waals surface area contributed by atoms with Crippen LogP contribution < -0.4 is 5.32 Å². The van der Waals surface area contributed by atoms with Gasteiger partial charge in [0, 0.05) is 41.1 Å². The van der Waals surface area contributed by atoms with Crippen LogP contribution in [-0.4, -0.2) is 35.1 Å². The van der Waals surface area contributed by atoms with Crippen LogP contribution in [0.2, 0.25) is 10.0 Å². The molecule has 30 heavy (non-hydrogen) atoms. The van der Waals surface area contributed by atoms with Gasteiger partial charge in [-0.1, -0.05) is 66.5 Å². The van der Waals surface area contributed by atoms with E-state index in [-0.39, 0.29) is 18.4 Å². The van der Waals surface area contributed by atoms with Gasteiger partial charge in [-0.2, -0.15) is 11.8 Å². The van der Waals surface area contributed by atoms with E-state index < -0.39 is 6.04 Å². The SMILES string of the molecule is CCNC(=O)[C@H](CC)N(Cc1ccc(Cl)cc1Cl)C(=O)CCSCc1ccccc1. The summed E-state index contributed by atoms with van der Waals surface area (Å²) in [4.78, 5) is 27.4. The number of nitrogens with one attached hydrogen (secondary N) is 1. The van der Waals surface area contributed by atoms with Gasteiger partial charge < -0.3 is 10.2 Å². The van der Waals surface area contributed by atoms with Crippen LogP contribution in [0, 0.1) is 0 Å². The molecule has 162 valence electrons. The molecule has 0 aliphatic rings. The van der Waals surface area contributed by atoms with Crippen LogP contribution >= 0.6 is 35.0 Å². The minimum absolute atomic E-state index is 0.0559. The molecule has 0 spiro atoms. The van der Waals surface area contributed by atoms with E-state index in [0.717, 1.165) is 11.3 Å². The second-order valence-corrected chi connectivity index (χ2v) is 8.81. The van der Waals surface area contributed by atoms with E-state index in [1.165, 1.54) is 5.56 Å². The molecule has 1 atom stereocenters. The Morgan fingerprint density at radius 3 is 2.47 bits per heavy atom. The van der Waals surface area contributed by atoms with Gasteiger partial charge >= 0.3 is 0 Å². The molecule has 2 aromatic carbocycles. The molecule has 4 nitrogen and oxygen atoms in total. The maximum atomic E-state index is 13.1. The van der Waals surface area contributed by atoms with Crippen LogP contribution in [0.25, 0.3) is 0 Å². The summed E-state index contributed by atoms with van der Waals surface area (Å²) in [5.74, 6) is 1.34. The van der Waals surface area contributed by atoms with Gasteiger partial charge in [0.2, 0.25) is 11.8 Å². The zero-order valence-corrected chi connectivity index (χ0v) is 19.7. The summed E-state index contributed by atoms with van der Waals surface area (Å²) < 4.78 is 0.